The van der Waals surface area contributed by atoms with E-state index in [-0.39, 0.29) is 11.1 Å². The van der Waals surface area contributed by atoms with Crippen molar-refractivity contribution < 1.29 is 24.6 Å². The van der Waals surface area contributed by atoms with Gasteiger partial charge in [-0.25, -0.2) is 9.59 Å². The van der Waals surface area contributed by atoms with Gasteiger partial charge < -0.3 is 15.5 Å². The topological polar surface area (TPSA) is 104 Å². The molecule has 6 nitrogen and oxygen atoms in total. The number of carbonyl (C=O) groups excluding carboxylic acids is 1. The van der Waals surface area contributed by atoms with Gasteiger partial charge in [0, 0.05) is 6.92 Å². The molecule has 1 rings (SSSR count). The van der Waals surface area contributed by atoms with Crippen molar-refractivity contribution >= 4 is 17.8 Å². The molecule has 0 spiro atoms. The summed E-state index contributed by atoms with van der Waals surface area (Å²) in [5.41, 5.74) is 0.187. The predicted molar refractivity (Wildman–Crippen MR) is 57.6 cm³/mol. The third-order valence-electron chi connectivity index (χ3n) is 2.06. The lowest BCUT2D eigenvalue weighted by Gasteiger charge is -2.13. The fraction of sp³-hybridized carbons (Fsp3) is 0.182. The van der Waals surface area contributed by atoms with Crippen LogP contribution in [0.3, 0.4) is 0 Å². The highest BCUT2D eigenvalue weighted by Gasteiger charge is 2.21. The second-order valence-electron chi connectivity index (χ2n) is 3.40. The molecule has 1 amide bonds. The number of aromatic carboxylic acids is 1. The maximum absolute atomic E-state index is 11.0. The van der Waals surface area contributed by atoms with Crippen molar-refractivity contribution in [2.75, 3.05) is 0 Å². The molecule has 3 N–H and O–H groups in total. The molecule has 0 aliphatic rings. The number of carbonyl (C=O) groups is 3. The number of carboxylic acids is 2. The quantitative estimate of drug-likeness (QED) is 0.713. The fourth-order valence-corrected chi connectivity index (χ4v) is 1.34. The molecule has 17 heavy (non-hydrogen) atoms. The molecule has 0 fully saturated rings. The van der Waals surface area contributed by atoms with Gasteiger partial charge in [0.25, 0.3) is 0 Å². The Labute approximate surface area is 96.9 Å². The van der Waals surface area contributed by atoms with Gasteiger partial charge in [0.2, 0.25) is 5.91 Å². The molecule has 90 valence electrons. The van der Waals surface area contributed by atoms with Gasteiger partial charge >= 0.3 is 11.9 Å². The number of rotatable bonds is 4. The molecule has 6 heteroatoms. The summed E-state index contributed by atoms with van der Waals surface area (Å²) >= 11 is 0. The summed E-state index contributed by atoms with van der Waals surface area (Å²) < 4.78 is 0. The van der Waals surface area contributed by atoms with Gasteiger partial charge in [0.15, 0.2) is 6.04 Å². The zero-order chi connectivity index (χ0) is 13.0. The van der Waals surface area contributed by atoms with Crippen LogP contribution in [0.1, 0.15) is 28.9 Å². The zero-order valence-electron chi connectivity index (χ0n) is 9.01. The van der Waals surface area contributed by atoms with E-state index in [1.54, 1.807) is 0 Å². The van der Waals surface area contributed by atoms with E-state index < -0.39 is 23.9 Å². The van der Waals surface area contributed by atoms with E-state index in [0.717, 1.165) is 0 Å². The Morgan fingerprint density at radius 3 is 2.35 bits per heavy atom. The van der Waals surface area contributed by atoms with Crippen LogP contribution in [-0.2, 0) is 9.59 Å². The standard InChI is InChI=1S/C11H11NO5/c1-6(13)12-9(11(16)17)7-3-2-4-8(5-7)10(14)15/h2-5,9H,1H3,(H,12,13)(H,14,15)(H,16,17). The average molecular weight is 237 g/mol. The van der Waals surface area contributed by atoms with Crippen LogP contribution in [0, 0.1) is 0 Å². The first-order valence-electron chi connectivity index (χ1n) is 4.75. The van der Waals surface area contributed by atoms with E-state index >= 15 is 0 Å². The molecule has 0 aliphatic heterocycles. The Morgan fingerprint density at radius 2 is 1.88 bits per heavy atom. The molecule has 0 saturated heterocycles. The summed E-state index contributed by atoms with van der Waals surface area (Å²) in [6, 6.07) is 4.19. The molecule has 0 saturated carbocycles. The molecule has 0 aliphatic carbocycles. The van der Waals surface area contributed by atoms with Crippen LogP contribution in [-0.4, -0.2) is 28.1 Å². The summed E-state index contributed by atoms with van der Waals surface area (Å²) in [5.74, 6) is -2.90. The van der Waals surface area contributed by atoms with Crippen molar-refractivity contribution in [1.29, 1.82) is 0 Å². The molecule has 0 bridgehead atoms. The van der Waals surface area contributed by atoms with Crippen LogP contribution in [0.15, 0.2) is 24.3 Å². The predicted octanol–water partition coefficient (Wildman–Crippen LogP) is 0.647. The lowest BCUT2D eigenvalue weighted by atomic mass is 10.0. The summed E-state index contributed by atoms with van der Waals surface area (Å²) in [5, 5.41) is 20.0. The summed E-state index contributed by atoms with van der Waals surface area (Å²) in [6.07, 6.45) is 0. The van der Waals surface area contributed by atoms with Gasteiger partial charge in [-0.1, -0.05) is 12.1 Å². The molecule has 0 aromatic heterocycles. The number of nitrogens with one attached hydrogen (secondary N) is 1. The minimum atomic E-state index is -1.25. The van der Waals surface area contributed by atoms with Crippen LogP contribution < -0.4 is 5.32 Å². The van der Waals surface area contributed by atoms with E-state index in [2.05, 4.69) is 5.32 Å². The van der Waals surface area contributed by atoms with E-state index in [9.17, 15) is 14.4 Å². The SMILES string of the molecule is CC(=O)NC(C(=O)O)c1cccc(C(=O)O)c1. The molecule has 1 unspecified atom stereocenters. The Kier molecular flexibility index (Phi) is 3.82. The Hall–Kier alpha value is -2.37. The van der Waals surface area contributed by atoms with Gasteiger partial charge in [-0.15, -0.1) is 0 Å². The van der Waals surface area contributed by atoms with Gasteiger partial charge in [0.05, 0.1) is 5.56 Å². The smallest absolute Gasteiger partial charge is 0.335 e. The Balaban J connectivity index is 3.10. The summed E-state index contributed by atoms with van der Waals surface area (Å²) in [4.78, 5) is 32.5. The van der Waals surface area contributed by atoms with Crippen molar-refractivity contribution in [3.05, 3.63) is 35.4 Å². The zero-order valence-corrected chi connectivity index (χ0v) is 9.01. The number of carboxylic acid groups (broad SMARTS) is 2. The van der Waals surface area contributed by atoms with Crippen molar-refractivity contribution in [1.82, 2.24) is 5.32 Å². The minimum Gasteiger partial charge on any atom is -0.479 e. The van der Waals surface area contributed by atoms with Crippen LogP contribution in [0.2, 0.25) is 0 Å². The Bertz CT molecular complexity index is 469. The highest BCUT2D eigenvalue weighted by Crippen LogP contribution is 2.15. The monoisotopic (exact) mass is 237 g/mol. The number of hydrogen-bond acceptors (Lipinski definition) is 3. The van der Waals surface area contributed by atoms with Gasteiger partial charge in [-0.05, 0) is 17.7 Å². The first kappa shape index (κ1) is 12.7. The van der Waals surface area contributed by atoms with Crippen molar-refractivity contribution in [3.63, 3.8) is 0 Å². The van der Waals surface area contributed by atoms with Gasteiger partial charge in [-0.3, -0.25) is 4.79 Å². The summed E-state index contributed by atoms with van der Waals surface area (Å²) in [7, 11) is 0. The van der Waals surface area contributed by atoms with Crippen molar-refractivity contribution in [3.8, 4) is 0 Å². The molecular weight excluding hydrogens is 226 g/mol. The lowest BCUT2D eigenvalue weighted by Crippen LogP contribution is -2.32. The Morgan fingerprint density at radius 1 is 1.24 bits per heavy atom. The largest absolute Gasteiger partial charge is 0.479 e. The van der Waals surface area contributed by atoms with Crippen LogP contribution in [0.25, 0.3) is 0 Å². The first-order valence-corrected chi connectivity index (χ1v) is 4.75. The highest BCUT2D eigenvalue weighted by molar-refractivity contribution is 5.89. The second-order valence-corrected chi connectivity index (χ2v) is 3.40. The fourth-order valence-electron chi connectivity index (χ4n) is 1.34. The van der Waals surface area contributed by atoms with E-state index in [1.165, 1.54) is 31.2 Å². The van der Waals surface area contributed by atoms with E-state index in [4.69, 9.17) is 10.2 Å². The number of aliphatic carboxylic acids is 1. The maximum Gasteiger partial charge on any atom is 0.335 e. The first-order chi connectivity index (χ1) is 7.91. The molecule has 1 aromatic carbocycles. The molecule has 1 atom stereocenters. The third kappa shape index (κ3) is 3.30. The molecule has 1 aromatic rings. The third-order valence-corrected chi connectivity index (χ3v) is 2.06. The minimum absolute atomic E-state index is 0.0286. The lowest BCUT2D eigenvalue weighted by molar-refractivity contribution is -0.141. The maximum atomic E-state index is 11.0. The molecule has 0 radical (unpaired) electrons. The average Bonchev–Trinajstić information content (AvgIpc) is 2.25. The summed E-state index contributed by atoms with van der Waals surface area (Å²) in [6.45, 7) is 1.19. The van der Waals surface area contributed by atoms with E-state index in [1.807, 2.05) is 0 Å². The second kappa shape index (κ2) is 5.11. The number of amides is 1. The van der Waals surface area contributed by atoms with Gasteiger partial charge in [-0.2, -0.15) is 0 Å². The van der Waals surface area contributed by atoms with Crippen LogP contribution in [0.5, 0.6) is 0 Å². The van der Waals surface area contributed by atoms with E-state index in [0.29, 0.717) is 0 Å². The van der Waals surface area contributed by atoms with Crippen LogP contribution >= 0.6 is 0 Å². The normalized spacial score (nSPS) is 11.6. The van der Waals surface area contributed by atoms with Crippen molar-refractivity contribution in [2.24, 2.45) is 0 Å². The highest BCUT2D eigenvalue weighted by atomic mass is 16.4. The number of benzene rings is 1. The number of hydrogen-bond donors (Lipinski definition) is 3. The molecule has 0 heterocycles. The van der Waals surface area contributed by atoms with Gasteiger partial charge in [0.1, 0.15) is 0 Å². The van der Waals surface area contributed by atoms with Crippen LogP contribution in [0.4, 0.5) is 0 Å². The molecular formula is C11H11NO5. The van der Waals surface area contributed by atoms with Crippen molar-refractivity contribution in [2.45, 2.75) is 13.0 Å².